The first-order valence-corrected chi connectivity index (χ1v) is 8.37. The molecule has 0 aromatic heterocycles. The molecule has 2 N–H and O–H groups in total. The number of esters is 1. The van der Waals surface area contributed by atoms with Crippen molar-refractivity contribution in [1.29, 1.82) is 0 Å². The van der Waals surface area contributed by atoms with Gasteiger partial charge in [0.2, 0.25) is 5.91 Å². The van der Waals surface area contributed by atoms with E-state index in [2.05, 4.69) is 10.6 Å². The molecule has 0 saturated carbocycles. The monoisotopic (exact) mass is 344 g/mol. The van der Waals surface area contributed by atoms with Gasteiger partial charge in [-0.3, -0.25) is 4.79 Å². The lowest BCUT2D eigenvalue weighted by molar-refractivity contribution is -0.145. The first-order valence-electron chi connectivity index (χ1n) is 8.37. The predicted octanol–water partition coefficient (Wildman–Crippen LogP) is 2.38. The average molecular weight is 344 g/mol. The summed E-state index contributed by atoms with van der Waals surface area (Å²) in [5.74, 6) is -0.734. The third-order valence-electron chi connectivity index (χ3n) is 3.09. The minimum absolute atomic E-state index is 0.179. The third kappa shape index (κ3) is 9.37. The number of carbonyl (C=O) groups excluding carboxylic acids is 3. The Morgan fingerprint density at radius 1 is 1.04 bits per heavy atom. The molecule has 0 aliphatic carbocycles. The molecule has 0 aromatic rings. The van der Waals surface area contributed by atoms with Crippen molar-refractivity contribution >= 4 is 18.0 Å². The maximum atomic E-state index is 12.5. The van der Waals surface area contributed by atoms with E-state index in [0.717, 1.165) is 0 Å². The van der Waals surface area contributed by atoms with Crippen LogP contribution in [-0.4, -0.2) is 42.8 Å². The molecule has 2 amide bonds. The molecule has 0 aromatic carbocycles. The highest BCUT2D eigenvalue weighted by molar-refractivity contribution is 5.89. The van der Waals surface area contributed by atoms with Gasteiger partial charge < -0.3 is 20.1 Å². The van der Waals surface area contributed by atoms with Crippen molar-refractivity contribution < 1.29 is 23.9 Å². The molecule has 0 saturated heterocycles. The molecule has 24 heavy (non-hydrogen) atoms. The molecular weight excluding hydrogens is 312 g/mol. The quantitative estimate of drug-likeness (QED) is 0.659. The van der Waals surface area contributed by atoms with Gasteiger partial charge in [-0.2, -0.15) is 0 Å². The highest BCUT2D eigenvalue weighted by Crippen LogP contribution is 2.10. The lowest BCUT2D eigenvalue weighted by Gasteiger charge is -2.25. The molecule has 7 heteroatoms. The maximum absolute atomic E-state index is 12.5. The zero-order valence-corrected chi connectivity index (χ0v) is 15.9. The summed E-state index contributed by atoms with van der Waals surface area (Å²) < 4.78 is 9.91. The molecule has 0 rings (SSSR count). The van der Waals surface area contributed by atoms with Crippen LogP contribution < -0.4 is 10.6 Å². The van der Waals surface area contributed by atoms with Crippen molar-refractivity contribution in [1.82, 2.24) is 10.6 Å². The van der Waals surface area contributed by atoms with Gasteiger partial charge in [-0.05, 0) is 39.5 Å². The Morgan fingerprint density at radius 3 is 2.04 bits per heavy atom. The zero-order chi connectivity index (χ0) is 18.9. The van der Waals surface area contributed by atoms with Crippen molar-refractivity contribution in [2.45, 2.75) is 78.5 Å². The molecule has 0 unspecified atom stereocenters. The summed E-state index contributed by atoms with van der Waals surface area (Å²) in [6.07, 6.45) is 0.965. The van der Waals surface area contributed by atoms with Gasteiger partial charge >= 0.3 is 12.1 Å². The second-order valence-electron chi connectivity index (χ2n) is 7.20. The number of nitrogens with one attached hydrogen (secondary N) is 2. The van der Waals surface area contributed by atoms with Crippen LogP contribution in [0, 0.1) is 5.92 Å². The number of methoxy groups -OCH3 is 1. The van der Waals surface area contributed by atoms with Crippen LogP contribution in [-0.2, 0) is 19.1 Å². The molecule has 0 aliphatic rings. The van der Waals surface area contributed by atoms with E-state index < -0.39 is 35.7 Å². The van der Waals surface area contributed by atoms with Gasteiger partial charge in [0, 0.05) is 0 Å². The van der Waals surface area contributed by atoms with E-state index in [1.807, 2.05) is 20.8 Å². The van der Waals surface area contributed by atoms with Gasteiger partial charge in [0.1, 0.15) is 17.7 Å². The summed E-state index contributed by atoms with van der Waals surface area (Å²) in [7, 11) is 1.28. The smallest absolute Gasteiger partial charge is 0.408 e. The number of alkyl carbamates (subject to hydrolysis) is 1. The van der Waals surface area contributed by atoms with Crippen LogP contribution >= 0.6 is 0 Å². The fourth-order valence-corrected chi connectivity index (χ4v) is 2.10. The Bertz CT molecular complexity index is 429. The molecular formula is C17H32N2O5. The number of ether oxygens (including phenoxy) is 2. The van der Waals surface area contributed by atoms with Gasteiger partial charge in [-0.15, -0.1) is 0 Å². The molecule has 0 spiro atoms. The molecule has 140 valence electrons. The fourth-order valence-electron chi connectivity index (χ4n) is 2.10. The molecule has 0 heterocycles. The normalized spacial score (nSPS) is 13.8. The standard InChI is InChI=1S/C17H32N2O5/c1-8-9-12(15(21)23-7)18-14(20)13(10-11(2)3)19-16(22)24-17(4,5)6/h11-13H,8-10H2,1-7H3,(H,18,20)(H,19,22)/t12-,13+/m0/s1. The number of amides is 2. The SMILES string of the molecule is CCC[C@H](NC(=O)[C@@H](CC(C)C)NC(=O)OC(C)(C)C)C(=O)OC. The Balaban J connectivity index is 4.98. The van der Waals surface area contributed by atoms with E-state index in [4.69, 9.17) is 9.47 Å². The van der Waals surface area contributed by atoms with Crippen LogP contribution in [0.2, 0.25) is 0 Å². The van der Waals surface area contributed by atoms with Gasteiger partial charge in [-0.25, -0.2) is 9.59 Å². The molecule has 7 nitrogen and oxygen atoms in total. The second-order valence-corrected chi connectivity index (χ2v) is 7.20. The minimum atomic E-state index is -0.774. The summed E-state index contributed by atoms with van der Waals surface area (Å²) in [6, 6.07) is -1.49. The average Bonchev–Trinajstić information content (AvgIpc) is 2.42. The molecule has 0 radical (unpaired) electrons. The zero-order valence-electron chi connectivity index (χ0n) is 15.9. The summed E-state index contributed by atoms with van der Waals surface area (Å²) in [4.78, 5) is 36.2. The van der Waals surface area contributed by atoms with Crippen LogP contribution in [0.25, 0.3) is 0 Å². The van der Waals surface area contributed by atoms with Crippen molar-refractivity contribution in [3.8, 4) is 0 Å². The fraction of sp³-hybridized carbons (Fsp3) is 0.824. The maximum Gasteiger partial charge on any atom is 0.408 e. The number of carbonyl (C=O) groups is 3. The molecule has 0 fully saturated rings. The van der Waals surface area contributed by atoms with Gasteiger partial charge in [0.05, 0.1) is 7.11 Å². The van der Waals surface area contributed by atoms with E-state index in [1.165, 1.54) is 7.11 Å². The molecule has 0 bridgehead atoms. The Morgan fingerprint density at radius 2 is 1.62 bits per heavy atom. The van der Waals surface area contributed by atoms with E-state index >= 15 is 0 Å². The number of hydrogen-bond donors (Lipinski definition) is 2. The van der Waals surface area contributed by atoms with Crippen LogP contribution in [0.4, 0.5) is 4.79 Å². The van der Waals surface area contributed by atoms with Crippen molar-refractivity contribution in [3.63, 3.8) is 0 Å². The van der Waals surface area contributed by atoms with Gasteiger partial charge in [0.15, 0.2) is 0 Å². The Labute approximate surface area is 144 Å². The summed E-state index contributed by atoms with van der Waals surface area (Å²) in [5.41, 5.74) is -0.653. The summed E-state index contributed by atoms with van der Waals surface area (Å²) >= 11 is 0. The van der Waals surface area contributed by atoms with Crippen molar-refractivity contribution in [2.75, 3.05) is 7.11 Å². The van der Waals surface area contributed by atoms with Crippen LogP contribution in [0.15, 0.2) is 0 Å². The largest absolute Gasteiger partial charge is 0.467 e. The molecule has 0 aliphatic heterocycles. The molecule has 2 atom stereocenters. The van der Waals surface area contributed by atoms with E-state index in [-0.39, 0.29) is 5.92 Å². The first-order chi connectivity index (χ1) is 11.0. The van der Waals surface area contributed by atoms with E-state index in [9.17, 15) is 14.4 Å². The highest BCUT2D eigenvalue weighted by Gasteiger charge is 2.28. The Hall–Kier alpha value is -1.79. The number of rotatable bonds is 8. The third-order valence-corrected chi connectivity index (χ3v) is 3.09. The topological polar surface area (TPSA) is 93.7 Å². The van der Waals surface area contributed by atoms with E-state index in [0.29, 0.717) is 19.3 Å². The first kappa shape index (κ1) is 22.2. The summed E-state index contributed by atoms with van der Waals surface area (Å²) in [5, 5.41) is 5.24. The van der Waals surface area contributed by atoms with E-state index in [1.54, 1.807) is 20.8 Å². The predicted molar refractivity (Wildman–Crippen MR) is 91.5 cm³/mol. The highest BCUT2D eigenvalue weighted by atomic mass is 16.6. The lowest BCUT2D eigenvalue weighted by Crippen LogP contribution is -2.52. The van der Waals surface area contributed by atoms with Crippen LogP contribution in [0.3, 0.4) is 0 Å². The van der Waals surface area contributed by atoms with Crippen molar-refractivity contribution in [3.05, 3.63) is 0 Å². The van der Waals surface area contributed by atoms with Crippen LogP contribution in [0.1, 0.15) is 60.8 Å². The van der Waals surface area contributed by atoms with Crippen molar-refractivity contribution in [2.24, 2.45) is 5.92 Å². The second kappa shape index (κ2) is 10.2. The number of hydrogen-bond acceptors (Lipinski definition) is 5. The Kier molecular flexibility index (Phi) is 9.40. The van der Waals surface area contributed by atoms with Gasteiger partial charge in [-0.1, -0.05) is 27.2 Å². The summed E-state index contributed by atoms with van der Waals surface area (Å²) in [6.45, 7) is 11.0. The lowest BCUT2D eigenvalue weighted by atomic mass is 10.0. The van der Waals surface area contributed by atoms with Gasteiger partial charge in [0.25, 0.3) is 0 Å². The minimum Gasteiger partial charge on any atom is -0.467 e. The van der Waals surface area contributed by atoms with Crippen LogP contribution in [0.5, 0.6) is 0 Å².